The standard InChI is InChI=1S/C13H9N3O2/c17-13(18)8-1-2-11-9(3-8)4-14-5-10-6-15-7-16-12(10)11/h1-7,14H,(H,17,18). The number of carboxylic acids is 1. The Labute approximate surface area is 101 Å². The maximum Gasteiger partial charge on any atom is 0.335 e. The molecule has 0 radical (unpaired) electrons. The average Bonchev–Trinajstić information content (AvgIpc) is 2.57. The average molecular weight is 239 g/mol. The zero-order chi connectivity index (χ0) is 12.5. The minimum Gasteiger partial charge on any atom is -0.478 e. The molecule has 1 aromatic carbocycles. The first-order chi connectivity index (χ1) is 8.75. The number of carboxylic acid groups (broad SMARTS) is 1. The minimum atomic E-state index is -0.942. The van der Waals surface area contributed by atoms with E-state index in [4.69, 9.17) is 5.11 Å². The molecule has 0 aliphatic carbocycles. The van der Waals surface area contributed by atoms with Gasteiger partial charge in [0, 0.05) is 34.3 Å². The van der Waals surface area contributed by atoms with Gasteiger partial charge in [0.1, 0.15) is 6.33 Å². The summed E-state index contributed by atoms with van der Waals surface area (Å²) in [6, 6.07) is 4.96. The van der Waals surface area contributed by atoms with E-state index in [1.165, 1.54) is 6.33 Å². The maximum absolute atomic E-state index is 11.0. The van der Waals surface area contributed by atoms with Crippen LogP contribution in [0.1, 0.15) is 10.4 Å². The largest absolute Gasteiger partial charge is 0.478 e. The molecule has 1 aromatic heterocycles. The SMILES string of the molecule is O=C(O)c1ccc2c(c1)=CNC=c1cncnc1=2. The van der Waals surface area contributed by atoms with Gasteiger partial charge in [-0.1, -0.05) is 6.07 Å². The molecule has 5 nitrogen and oxygen atoms in total. The molecule has 0 saturated carbocycles. The van der Waals surface area contributed by atoms with Crippen molar-refractivity contribution in [3.05, 3.63) is 57.3 Å². The number of fused-ring (bicyclic) bond motifs is 2. The molecule has 0 atom stereocenters. The molecule has 2 N–H and O–H groups in total. The molecular formula is C13H9N3O2. The van der Waals surface area contributed by atoms with Gasteiger partial charge in [0.2, 0.25) is 0 Å². The van der Waals surface area contributed by atoms with Crippen molar-refractivity contribution >= 4 is 18.4 Å². The Morgan fingerprint density at radius 3 is 2.89 bits per heavy atom. The van der Waals surface area contributed by atoms with Crippen molar-refractivity contribution in [3.8, 4) is 0 Å². The van der Waals surface area contributed by atoms with Gasteiger partial charge >= 0.3 is 5.97 Å². The number of hydrogen-bond donors (Lipinski definition) is 2. The van der Waals surface area contributed by atoms with Gasteiger partial charge in [0.15, 0.2) is 0 Å². The molecule has 2 aromatic rings. The third-order valence-electron chi connectivity index (χ3n) is 2.77. The lowest BCUT2D eigenvalue weighted by atomic mass is 10.1. The third kappa shape index (κ3) is 1.62. The van der Waals surface area contributed by atoms with E-state index in [9.17, 15) is 4.79 Å². The summed E-state index contributed by atoms with van der Waals surface area (Å²) in [6.45, 7) is 0. The number of nitrogens with zero attached hydrogens (tertiary/aromatic N) is 2. The minimum absolute atomic E-state index is 0.254. The first-order valence-corrected chi connectivity index (χ1v) is 5.36. The van der Waals surface area contributed by atoms with Crippen molar-refractivity contribution in [1.29, 1.82) is 0 Å². The lowest BCUT2D eigenvalue weighted by molar-refractivity contribution is 0.0697. The van der Waals surface area contributed by atoms with E-state index in [1.54, 1.807) is 36.8 Å². The summed E-state index contributed by atoms with van der Waals surface area (Å²) in [4.78, 5) is 19.2. The van der Waals surface area contributed by atoms with Crippen molar-refractivity contribution in [3.63, 3.8) is 0 Å². The number of aromatic carboxylic acids is 1. The summed E-state index contributed by atoms with van der Waals surface area (Å²) in [5.74, 6) is -0.942. The number of nitrogens with one attached hydrogen (secondary N) is 1. The van der Waals surface area contributed by atoms with Crippen LogP contribution < -0.4 is 15.8 Å². The van der Waals surface area contributed by atoms with E-state index in [2.05, 4.69) is 15.3 Å². The molecule has 18 heavy (non-hydrogen) atoms. The molecule has 1 aliphatic heterocycles. The second-order valence-corrected chi connectivity index (χ2v) is 3.89. The van der Waals surface area contributed by atoms with Crippen LogP contribution in [0, 0.1) is 10.6 Å². The van der Waals surface area contributed by atoms with E-state index in [-0.39, 0.29) is 5.56 Å². The summed E-state index contributed by atoms with van der Waals surface area (Å²) < 4.78 is 0. The molecule has 0 saturated heterocycles. The molecule has 0 unspecified atom stereocenters. The lowest BCUT2D eigenvalue weighted by Gasteiger charge is -1.95. The molecule has 5 heteroatoms. The molecule has 0 amide bonds. The van der Waals surface area contributed by atoms with Crippen LogP contribution in [-0.2, 0) is 0 Å². The zero-order valence-corrected chi connectivity index (χ0v) is 9.29. The normalized spacial score (nSPS) is 12.0. The zero-order valence-electron chi connectivity index (χ0n) is 9.29. The Balaban J connectivity index is 2.53. The van der Waals surface area contributed by atoms with Crippen molar-refractivity contribution in [2.24, 2.45) is 0 Å². The Morgan fingerprint density at radius 1 is 1.22 bits per heavy atom. The first-order valence-electron chi connectivity index (χ1n) is 5.36. The number of hydrogen-bond acceptors (Lipinski definition) is 4. The van der Waals surface area contributed by atoms with Gasteiger partial charge in [-0.15, -0.1) is 0 Å². The molecule has 1 aliphatic rings. The number of aromatic nitrogens is 2. The monoisotopic (exact) mass is 239 g/mol. The lowest BCUT2D eigenvalue weighted by Crippen LogP contribution is -2.11. The van der Waals surface area contributed by atoms with Crippen LogP contribution in [0.15, 0.2) is 30.7 Å². The van der Waals surface area contributed by atoms with E-state index < -0.39 is 5.97 Å². The van der Waals surface area contributed by atoms with Gasteiger partial charge < -0.3 is 10.4 Å². The Morgan fingerprint density at radius 2 is 2.06 bits per heavy atom. The molecule has 88 valence electrons. The van der Waals surface area contributed by atoms with Crippen LogP contribution >= 0.6 is 0 Å². The quantitative estimate of drug-likeness (QED) is 0.704. The summed E-state index contributed by atoms with van der Waals surface area (Å²) in [7, 11) is 0. The molecule has 0 spiro atoms. The summed E-state index contributed by atoms with van der Waals surface area (Å²) in [5.41, 5.74) is 0.254. The fraction of sp³-hybridized carbons (Fsp3) is 0. The highest BCUT2D eigenvalue weighted by molar-refractivity contribution is 5.87. The number of carbonyl (C=O) groups is 1. The Bertz CT molecular complexity index is 843. The summed E-state index contributed by atoms with van der Waals surface area (Å²) in [5, 5.41) is 15.3. The number of benzene rings is 1. The van der Waals surface area contributed by atoms with Crippen LogP contribution in [0.25, 0.3) is 12.4 Å². The van der Waals surface area contributed by atoms with Crippen LogP contribution in [0.5, 0.6) is 0 Å². The highest BCUT2D eigenvalue weighted by Crippen LogP contribution is 1.96. The highest BCUT2D eigenvalue weighted by Gasteiger charge is 2.03. The Hall–Kier alpha value is -2.69. The predicted octanol–water partition coefficient (Wildman–Crippen LogP) is -0.459. The van der Waals surface area contributed by atoms with Gasteiger partial charge in [0.05, 0.1) is 10.9 Å². The molecule has 2 heterocycles. The van der Waals surface area contributed by atoms with Crippen LogP contribution in [0.4, 0.5) is 0 Å². The number of rotatable bonds is 1. The van der Waals surface area contributed by atoms with Gasteiger partial charge in [-0.2, -0.15) is 0 Å². The van der Waals surface area contributed by atoms with E-state index in [0.29, 0.717) is 0 Å². The highest BCUT2D eigenvalue weighted by atomic mass is 16.4. The molecule has 3 rings (SSSR count). The molecule has 0 bridgehead atoms. The smallest absolute Gasteiger partial charge is 0.335 e. The van der Waals surface area contributed by atoms with E-state index in [0.717, 1.165) is 21.0 Å². The first kappa shape index (κ1) is 10.5. The summed E-state index contributed by atoms with van der Waals surface area (Å²) in [6.07, 6.45) is 6.73. The maximum atomic E-state index is 11.0. The van der Waals surface area contributed by atoms with Gasteiger partial charge in [-0.05, 0) is 12.1 Å². The predicted molar refractivity (Wildman–Crippen MR) is 64.4 cm³/mol. The van der Waals surface area contributed by atoms with Crippen LogP contribution in [0.2, 0.25) is 0 Å². The van der Waals surface area contributed by atoms with Crippen molar-refractivity contribution in [2.45, 2.75) is 0 Å². The fourth-order valence-electron chi connectivity index (χ4n) is 1.92. The molecule has 0 fully saturated rings. The van der Waals surface area contributed by atoms with E-state index >= 15 is 0 Å². The van der Waals surface area contributed by atoms with Gasteiger partial charge in [0.25, 0.3) is 0 Å². The fourth-order valence-corrected chi connectivity index (χ4v) is 1.92. The second-order valence-electron chi connectivity index (χ2n) is 3.89. The van der Waals surface area contributed by atoms with E-state index in [1.807, 2.05) is 0 Å². The Kier molecular flexibility index (Phi) is 2.30. The topological polar surface area (TPSA) is 75.1 Å². The molecular weight excluding hydrogens is 230 g/mol. The third-order valence-corrected chi connectivity index (χ3v) is 2.77. The van der Waals surface area contributed by atoms with Crippen LogP contribution in [0.3, 0.4) is 0 Å². The summed E-state index contributed by atoms with van der Waals surface area (Å²) >= 11 is 0. The van der Waals surface area contributed by atoms with Crippen molar-refractivity contribution in [1.82, 2.24) is 15.3 Å². The van der Waals surface area contributed by atoms with Crippen molar-refractivity contribution in [2.75, 3.05) is 0 Å². The van der Waals surface area contributed by atoms with Gasteiger partial charge in [-0.3, -0.25) is 0 Å². The van der Waals surface area contributed by atoms with Gasteiger partial charge in [-0.25, -0.2) is 14.8 Å². The van der Waals surface area contributed by atoms with Crippen LogP contribution in [-0.4, -0.2) is 21.0 Å². The van der Waals surface area contributed by atoms with Crippen molar-refractivity contribution < 1.29 is 9.90 Å². The second kappa shape index (κ2) is 3.96.